The molecule has 1 saturated heterocycles. The van der Waals surface area contributed by atoms with Crippen molar-refractivity contribution in [2.24, 2.45) is 0 Å². The first kappa shape index (κ1) is 11.8. The van der Waals surface area contributed by atoms with Crippen molar-refractivity contribution in [1.29, 1.82) is 0 Å². The van der Waals surface area contributed by atoms with E-state index in [-0.39, 0.29) is 24.5 Å². The first-order valence-corrected chi connectivity index (χ1v) is 5.23. The van der Waals surface area contributed by atoms with Gasteiger partial charge in [0.1, 0.15) is 0 Å². The third-order valence-electron chi connectivity index (χ3n) is 2.50. The van der Waals surface area contributed by atoms with Crippen LogP contribution in [0.1, 0.15) is 20.3 Å². The summed E-state index contributed by atoms with van der Waals surface area (Å²) in [6, 6.07) is 0.170. The van der Waals surface area contributed by atoms with Gasteiger partial charge in [0, 0.05) is 26.2 Å². The maximum Gasteiger partial charge on any atom is 0.320 e. The van der Waals surface area contributed by atoms with Gasteiger partial charge in [-0.1, -0.05) is 0 Å². The van der Waals surface area contributed by atoms with Gasteiger partial charge in [0.15, 0.2) is 0 Å². The number of amides is 2. The SMILES string of the molecule is CCOC(=O)CCN1C(=O)N(C)CC1C. The second-order valence-electron chi connectivity index (χ2n) is 3.76. The number of likely N-dealkylation sites (N-methyl/N-ethyl adjacent to an activating group) is 1. The molecule has 1 aliphatic rings. The van der Waals surface area contributed by atoms with Gasteiger partial charge in [-0.05, 0) is 13.8 Å². The molecule has 1 atom stereocenters. The first-order valence-electron chi connectivity index (χ1n) is 5.23. The maximum absolute atomic E-state index is 11.6. The Morgan fingerprint density at radius 2 is 2.27 bits per heavy atom. The number of hydrogen-bond donors (Lipinski definition) is 0. The summed E-state index contributed by atoms with van der Waals surface area (Å²) in [5.74, 6) is -0.243. The van der Waals surface area contributed by atoms with Crippen LogP contribution in [0.5, 0.6) is 0 Å². The van der Waals surface area contributed by atoms with Crippen LogP contribution in [-0.2, 0) is 9.53 Å². The van der Waals surface area contributed by atoms with Gasteiger partial charge in [0.05, 0.1) is 13.0 Å². The van der Waals surface area contributed by atoms with Crippen LogP contribution in [0.2, 0.25) is 0 Å². The molecule has 0 spiro atoms. The molecule has 0 aromatic heterocycles. The summed E-state index contributed by atoms with van der Waals surface area (Å²) in [5, 5.41) is 0. The zero-order chi connectivity index (χ0) is 11.4. The molecule has 15 heavy (non-hydrogen) atoms. The first-order chi connectivity index (χ1) is 7.06. The third kappa shape index (κ3) is 2.84. The molecule has 0 aromatic rings. The van der Waals surface area contributed by atoms with E-state index in [1.165, 1.54) is 0 Å². The second-order valence-corrected chi connectivity index (χ2v) is 3.76. The zero-order valence-electron chi connectivity index (χ0n) is 9.52. The molecule has 0 aromatic carbocycles. The lowest BCUT2D eigenvalue weighted by molar-refractivity contribution is -0.143. The number of rotatable bonds is 4. The van der Waals surface area contributed by atoms with Crippen LogP contribution in [0.4, 0.5) is 4.79 Å². The predicted octanol–water partition coefficient (Wildman–Crippen LogP) is 0.696. The number of carbonyl (C=O) groups excluding carboxylic acids is 2. The van der Waals surface area contributed by atoms with Crippen LogP contribution in [0.25, 0.3) is 0 Å². The van der Waals surface area contributed by atoms with E-state index in [1.807, 2.05) is 6.92 Å². The highest BCUT2D eigenvalue weighted by Crippen LogP contribution is 2.13. The standard InChI is InChI=1S/C10H18N2O3/c1-4-15-9(13)5-6-12-8(2)7-11(3)10(12)14/h8H,4-7H2,1-3H3. The molecule has 1 heterocycles. The average molecular weight is 214 g/mol. The van der Waals surface area contributed by atoms with Gasteiger partial charge in [-0.2, -0.15) is 0 Å². The van der Waals surface area contributed by atoms with E-state index in [2.05, 4.69) is 0 Å². The highest BCUT2D eigenvalue weighted by molar-refractivity contribution is 5.77. The van der Waals surface area contributed by atoms with Crippen molar-refractivity contribution in [3.05, 3.63) is 0 Å². The van der Waals surface area contributed by atoms with Gasteiger partial charge in [0.25, 0.3) is 0 Å². The number of urea groups is 1. The molecular weight excluding hydrogens is 196 g/mol. The number of nitrogens with zero attached hydrogens (tertiary/aromatic N) is 2. The fourth-order valence-electron chi connectivity index (χ4n) is 1.74. The van der Waals surface area contributed by atoms with Crippen molar-refractivity contribution >= 4 is 12.0 Å². The molecule has 0 saturated carbocycles. The van der Waals surface area contributed by atoms with E-state index in [9.17, 15) is 9.59 Å². The Labute approximate surface area is 90.0 Å². The van der Waals surface area contributed by atoms with Crippen molar-refractivity contribution in [2.45, 2.75) is 26.3 Å². The van der Waals surface area contributed by atoms with Crippen molar-refractivity contribution in [2.75, 3.05) is 26.7 Å². The normalized spacial score (nSPS) is 21.0. The molecule has 86 valence electrons. The second kappa shape index (κ2) is 5.00. The Morgan fingerprint density at radius 1 is 1.60 bits per heavy atom. The van der Waals surface area contributed by atoms with Gasteiger partial charge < -0.3 is 14.5 Å². The van der Waals surface area contributed by atoms with Gasteiger partial charge in [-0.25, -0.2) is 4.79 Å². The van der Waals surface area contributed by atoms with E-state index < -0.39 is 0 Å². The van der Waals surface area contributed by atoms with Crippen LogP contribution >= 0.6 is 0 Å². The van der Waals surface area contributed by atoms with Crippen molar-refractivity contribution in [3.8, 4) is 0 Å². The lowest BCUT2D eigenvalue weighted by Crippen LogP contribution is -2.34. The molecule has 1 fully saturated rings. The van der Waals surface area contributed by atoms with Gasteiger partial charge >= 0.3 is 12.0 Å². The number of esters is 1. The van der Waals surface area contributed by atoms with Gasteiger partial charge in [-0.3, -0.25) is 4.79 Å². The Kier molecular flexibility index (Phi) is 3.94. The molecule has 0 radical (unpaired) electrons. The minimum absolute atomic E-state index is 0.00759. The van der Waals surface area contributed by atoms with Crippen LogP contribution < -0.4 is 0 Å². The van der Waals surface area contributed by atoms with Gasteiger partial charge in [0.2, 0.25) is 0 Å². The monoisotopic (exact) mass is 214 g/mol. The Balaban J connectivity index is 2.38. The molecule has 1 rings (SSSR count). The molecule has 0 N–H and O–H groups in total. The van der Waals surface area contributed by atoms with E-state index in [0.29, 0.717) is 13.2 Å². The topological polar surface area (TPSA) is 49.9 Å². The Hall–Kier alpha value is -1.26. The van der Waals surface area contributed by atoms with E-state index in [0.717, 1.165) is 6.54 Å². The number of ether oxygens (including phenoxy) is 1. The van der Waals surface area contributed by atoms with Crippen molar-refractivity contribution < 1.29 is 14.3 Å². The van der Waals surface area contributed by atoms with Crippen LogP contribution in [0, 0.1) is 0 Å². The van der Waals surface area contributed by atoms with Crippen molar-refractivity contribution in [1.82, 2.24) is 9.80 Å². The summed E-state index contributed by atoms with van der Waals surface area (Å²) >= 11 is 0. The van der Waals surface area contributed by atoms with E-state index in [4.69, 9.17) is 4.74 Å². The quantitative estimate of drug-likeness (QED) is 0.647. The fourth-order valence-corrected chi connectivity index (χ4v) is 1.74. The lowest BCUT2D eigenvalue weighted by atomic mass is 10.3. The molecular formula is C10H18N2O3. The van der Waals surface area contributed by atoms with E-state index >= 15 is 0 Å². The molecule has 0 bridgehead atoms. The molecule has 1 unspecified atom stereocenters. The summed E-state index contributed by atoms with van der Waals surface area (Å²) in [6.45, 7) is 5.31. The van der Waals surface area contributed by atoms with Gasteiger partial charge in [-0.15, -0.1) is 0 Å². The Bertz CT molecular complexity index is 255. The third-order valence-corrected chi connectivity index (χ3v) is 2.50. The molecule has 5 heteroatoms. The summed E-state index contributed by atoms with van der Waals surface area (Å²) in [5.41, 5.74) is 0. The van der Waals surface area contributed by atoms with Crippen LogP contribution in [-0.4, -0.2) is 54.6 Å². The highest BCUT2D eigenvalue weighted by atomic mass is 16.5. The molecule has 1 aliphatic heterocycles. The zero-order valence-corrected chi connectivity index (χ0v) is 9.52. The largest absolute Gasteiger partial charge is 0.466 e. The van der Waals surface area contributed by atoms with Crippen LogP contribution in [0.3, 0.4) is 0 Å². The fraction of sp³-hybridized carbons (Fsp3) is 0.800. The molecule has 2 amide bonds. The predicted molar refractivity (Wildman–Crippen MR) is 55.4 cm³/mol. The minimum atomic E-state index is -0.243. The summed E-state index contributed by atoms with van der Waals surface area (Å²) < 4.78 is 4.81. The number of carbonyl (C=O) groups is 2. The van der Waals surface area contributed by atoms with Crippen LogP contribution in [0.15, 0.2) is 0 Å². The summed E-state index contributed by atoms with van der Waals surface area (Å²) in [6.07, 6.45) is 0.276. The number of hydrogen-bond acceptors (Lipinski definition) is 3. The minimum Gasteiger partial charge on any atom is -0.466 e. The lowest BCUT2D eigenvalue weighted by Gasteiger charge is -2.19. The summed E-state index contributed by atoms with van der Waals surface area (Å²) in [7, 11) is 1.77. The maximum atomic E-state index is 11.6. The summed E-state index contributed by atoms with van der Waals surface area (Å²) in [4.78, 5) is 26.1. The Morgan fingerprint density at radius 3 is 2.73 bits per heavy atom. The van der Waals surface area contributed by atoms with E-state index in [1.54, 1.807) is 23.8 Å². The highest BCUT2D eigenvalue weighted by Gasteiger charge is 2.31. The molecule has 5 nitrogen and oxygen atoms in total. The van der Waals surface area contributed by atoms with Crippen molar-refractivity contribution in [3.63, 3.8) is 0 Å². The smallest absolute Gasteiger partial charge is 0.320 e. The molecule has 0 aliphatic carbocycles. The average Bonchev–Trinajstić information content (AvgIpc) is 2.40.